The van der Waals surface area contributed by atoms with Crippen LogP contribution in [0.3, 0.4) is 0 Å². The standard InChI is InChI=1S/C39H52O8/c1-4-7-10-13-19-24-29(40)34-30(41)27-31-35(38(34)46-32(42)25-20-14-11-8-5-2)36(44)39(37(45-31)28-22-17-16-18-23-28)47-33(43)26-21-15-12-9-6-3/h16-18,22-23,27,41H,4-15,19-21,24-26H2,1-3H3. The Kier molecular flexibility index (Phi) is 16.2. The highest BCUT2D eigenvalue weighted by Crippen LogP contribution is 2.40. The molecule has 2 aromatic carbocycles. The molecule has 8 heteroatoms. The molecule has 0 bridgehead atoms. The summed E-state index contributed by atoms with van der Waals surface area (Å²) in [6.45, 7) is 6.33. The quantitative estimate of drug-likeness (QED) is 0.0494. The van der Waals surface area contributed by atoms with Crippen LogP contribution < -0.4 is 14.9 Å². The summed E-state index contributed by atoms with van der Waals surface area (Å²) in [5.74, 6) is -2.78. The number of fused-ring (bicyclic) bond motifs is 1. The minimum Gasteiger partial charge on any atom is -0.507 e. The molecular weight excluding hydrogens is 596 g/mol. The zero-order chi connectivity index (χ0) is 34.0. The van der Waals surface area contributed by atoms with E-state index in [0.717, 1.165) is 77.0 Å². The number of phenolic OH excluding ortho intramolecular Hbond substituents is 1. The number of ketones is 1. The second-order valence-electron chi connectivity index (χ2n) is 12.3. The van der Waals surface area contributed by atoms with Crippen molar-refractivity contribution in [2.24, 2.45) is 0 Å². The molecule has 0 fully saturated rings. The minimum atomic E-state index is -0.757. The lowest BCUT2D eigenvalue weighted by Crippen LogP contribution is -2.19. The van der Waals surface area contributed by atoms with Crippen LogP contribution in [-0.2, 0) is 9.59 Å². The summed E-state index contributed by atoms with van der Waals surface area (Å²) < 4.78 is 17.7. The average Bonchev–Trinajstić information content (AvgIpc) is 3.05. The topological polar surface area (TPSA) is 120 Å². The fraction of sp³-hybridized carbons (Fsp3) is 0.538. The molecule has 3 aromatic rings. The molecule has 0 atom stereocenters. The molecule has 0 saturated carbocycles. The summed E-state index contributed by atoms with van der Waals surface area (Å²) in [5.41, 5.74) is -0.599. The summed E-state index contributed by atoms with van der Waals surface area (Å²) in [7, 11) is 0. The van der Waals surface area contributed by atoms with E-state index in [-0.39, 0.29) is 53.1 Å². The maximum atomic E-state index is 14.3. The van der Waals surface area contributed by atoms with Crippen LogP contribution in [0.2, 0.25) is 0 Å². The van der Waals surface area contributed by atoms with Crippen LogP contribution in [0, 0.1) is 0 Å². The van der Waals surface area contributed by atoms with E-state index in [9.17, 15) is 24.3 Å². The second kappa shape index (κ2) is 20.3. The molecule has 0 spiro atoms. The first kappa shape index (κ1) is 37.5. The normalized spacial score (nSPS) is 11.1. The van der Waals surface area contributed by atoms with Crippen LogP contribution >= 0.6 is 0 Å². The van der Waals surface area contributed by atoms with Crippen LogP contribution in [-0.4, -0.2) is 22.8 Å². The molecule has 256 valence electrons. The van der Waals surface area contributed by atoms with Crippen LogP contribution in [0.1, 0.15) is 147 Å². The third kappa shape index (κ3) is 11.4. The first-order chi connectivity index (χ1) is 22.8. The molecule has 0 aliphatic heterocycles. The van der Waals surface area contributed by atoms with Gasteiger partial charge in [0.15, 0.2) is 17.3 Å². The van der Waals surface area contributed by atoms with E-state index >= 15 is 0 Å². The maximum absolute atomic E-state index is 14.3. The van der Waals surface area contributed by atoms with Crippen molar-refractivity contribution in [1.29, 1.82) is 0 Å². The zero-order valence-electron chi connectivity index (χ0n) is 28.5. The number of Topliss-reactive ketones (excluding diaryl/α,β-unsaturated/α-hetero) is 1. The molecule has 1 heterocycles. The molecule has 8 nitrogen and oxygen atoms in total. The van der Waals surface area contributed by atoms with Crippen molar-refractivity contribution in [2.75, 3.05) is 0 Å². The SMILES string of the molecule is CCCCCCCC(=O)Oc1c(-c2ccccc2)oc2cc(O)c(C(=O)CCCCCCC)c(OC(=O)CCCCCCC)c2c1=O. The van der Waals surface area contributed by atoms with E-state index in [0.29, 0.717) is 24.8 Å². The number of benzene rings is 2. The Bertz CT molecular complexity index is 1510. The predicted octanol–water partition coefficient (Wildman–Crippen LogP) is 10.2. The van der Waals surface area contributed by atoms with E-state index in [4.69, 9.17) is 13.9 Å². The van der Waals surface area contributed by atoms with E-state index in [2.05, 4.69) is 20.8 Å². The summed E-state index contributed by atoms with van der Waals surface area (Å²) in [6.07, 6.45) is 14.0. The Balaban J connectivity index is 2.10. The van der Waals surface area contributed by atoms with Crippen molar-refractivity contribution in [3.05, 3.63) is 52.2 Å². The Morgan fingerprint density at radius 2 is 1.15 bits per heavy atom. The van der Waals surface area contributed by atoms with E-state index in [1.165, 1.54) is 6.07 Å². The molecule has 0 amide bonds. The number of unbranched alkanes of at least 4 members (excludes halogenated alkanes) is 12. The lowest BCUT2D eigenvalue weighted by Gasteiger charge is -2.16. The maximum Gasteiger partial charge on any atom is 0.311 e. The van der Waals surface area contributed by atoms with Gasteiger partial charge in [-0.2, -0.15) is 0 Å². The second-order valence-corrected chi connectivity index (χ2v) is 12.3. The minimum absolute atomic E-state index is 0.00466. The van der Waals surface area contributed by atoms with Gasteiger partial charge in [0.2, 0.25) is 11.2 Å². The van der Waals surface area contributed by atoms with Crippen molar-refractivity contribution in [2.45, 2.75) is 136 Å². The summed E-state index contributed by atoms with van der Waals surface area (Å²) in [5, 5.41) is 10.9. The molecule has 0 radical (unpaired) electrons. The number of hydrogen-bond acceptors (Lipinski definition) is 8. The number of phenols is 1. The first-order valence-corrected chi connectivity index (χ1v) is 17.7. The summed E-state index contributed by atoms with van der Waals surface area (Å²) >= 11 is 0. The van der Waals surface area contributed by atoms with E-state index < -0.39 is 28.9 Å². The predicted molar refractivity (Wildman–Crippen MR) is 185 cm³/mol. The van der Waals surface area contributed by atoms with Gasteiger partial charge in [-0.25, -0.2) is 0 Å². The van der Waals surface area contributed by atoms with Crippen molar-refractivity contribution in [3.8, 4) is 28.6 Å². The Morgan fingerprint density at radius 3 is 1.68 bits per heavy atom. The molecule has 0 aliphatic rings. The fourth-order valence-corrected chi connectivity index (χ4v) is 5.62. The summed E-state index contributed by atoms with van der Waals surface area (Å²) in [4.78, 5) is 54.0. The fourth-order valence-electron chi connectivity index (χ4n) is 5.62. The molecule has 3 rings (SSSR count). The van der Waals surface area contributed by atoms with Gasteiger partial charge >= 0.3 is 11.9 Å². The smallest absolute Gasteiger partial charge is 0.311 e. The number of carbonyl (C=O) groups is 3. The highest BCUT2D eigenvalue weighted by molar-refractivity contribution is 6.08. The van der Waals surface area contributed by atoms with Gasteiger partial charge in [-0.05, 0) is 19.3 Å². The molecule has 0 saturated heterocycles. The highest BCUT2D eigenvalue weighted by atomic mass is 16.5. The zero-order valence-corrected chi connectivity index (χ0v) is 28.5. The number of aromatic hydroxyl groups is 1. The third-order valence-electron chi connectivity index (χ3n) is 8.30. The number of rotatable bonds is 22. The van der Waals surface area contributed by atoms with Crippen molar-refractivity contribution in [1.82, 2.24) is 0 Å². The van der Waals surface area contributed by atoms with Gasteiger partial charge in [0.1, 0.15) is 22.3 Å². The first-order valence-electron chi connectivity index (χ1n) is 17.7. The molecule has 1 aromatic heterocycles. The number of carbonyl (C=O) groups excluding carboxylic acids is 3. The van der Waals surface area contributed by atoms with Gasteiger partial charge in [0, 0.05) is 30.9 Å². The molecular formula is C39H52O8. The van der Waals surface area contributed by atoms with E-state index in [1.807, 2.05) is 0 Å². The van der Waals surface area contributed by atoms with Crippen molar-refractivity contribution < 1.29 is 33.4 Å². The Labute approximate surface area is 278 Å². The number of esters is 2. The largest absolute Gasteiger partial charge is 0.507 e. The Morgan fingerprint density at radius 1 is 0.660 bits per heavy atom. The third-order valence-corrected chi connectivity index (χ3v) is 8.30. The molecule has 0 unspecified atom stereocenters. The number of hydrogen-bond donors (Lipinski definition) is 1. The van der Waals surface area contributed by atoms with Gasteiger partial charge in [0.05, 0.1) is 0 Å². The molecule has 0 aliphatic carbocycles. The Hall–Kier alpha value is -3.94. The number of ether oxygens (including phenoxy) is 2. The van der Waals surface area contributed by atoms with Crippen LogP contribution in [0.25, 0.3) is 22.3 Å². The average molecular weight is 649 g/mol. The van der Waals surface area contributed by atoms with Gasteiger partial charge in [-0.1, -0.05) is 128 Å². The van der Waals surface area contributed by atoms with Crippen LogP contribution in [0.5, 0.6) is 17.2 Å². The molecule has 1 N–H and O–H groups in total. The lowest BCUT2D eigenvalue weighted by molar-refractivity contribution is -0.135. The van der Waals surface area contributed by atoms with Crippen molar-refractivity contribution in [3.63, 3.8) is 0 Å². The van der Waals surface area contributed by atoms with Crippen LogP contribution in [0.15, 0.2) is 45.6 Å². The van der Waals surface area contributed by atoms with Gasteiger partial charge in [-0.15, -0.1) is 0 Å². The van der Waals surface area contributed by atoms with Gasteiger partial charge in [-0.3, -0.25) is 19.2 Å². The monoisotopic (exact) mass is 648 g/mol. The van der Waals surface area contributed by atoms with Gasteiger partial charge < -0.3 is 19.0 Å². The summed E-state index contributed by atoms with van der Waals surface area (Å²) in [6, 6.07) is 9.94. The van der Waals surface area contributed by atoms with E-state index in [1.54, 1.807) is 30.3 Å². The van der Waals surface area contributed by atoms with Crippen LogP contribution in [0.4, 0.5) is 0 Å². The molecule has 47 heavy (non-hydrogen) atoms. The van der Waals surface area contributed by atoms with Gasteiger partial charge in [0.25, 0.3) is 0 Å². The lowest BCUT2D eigenvalue weighted by atomic mass is 9.99. The highest BCUT2D eigenvalue weighted by Gasteiger charge is 2.29. The van der Waals surface area contributed by atoms with Crippen molar-refractivity contribution >= 4 is 28.7 Å².